The second-order valence-corrected chi connectivity index (χ2v) is 4.19. The van der Waals surface area contributed by atoms with Gasteiger partial charge in [0.05, 0.1) is 17.2 Å². The van der Waals surface area contributed by atoms with Crippen LogP contribution in [0.2, 0.25) is 0 Å². The average Bonchev–Trinajstić information content (AvgIpc) is 2.48. The molecule has 0 bridgehead atoms. The number of amides is 1. The lowest BCUT2D eigenvalue weighted by Gasteiger charge is -2.11. The molecule has 0 fully saturated rings. The van der Waals surface area contributed by atoms with Crippen LogP contribution in [-0.4, -0.2) is 13.0 Å². The van der Waals surface area contributed by atoms with Crippen LogP contribution in [0, 0.1) is 17.1 Å². The second kappa shape index (κ2) is 5.92. The van der Waals surface area contributed by atoms with E-state index in [9.17, 15) is 9.18 Å². The van der Waals surface area contributed by atoms with Crippen LogP contribution < -0.4 is 15.8 Å². The maximum Gasteiger partial charge on any atom is 0.254 e. The Labute approximate surface area is 120 Å². The van der Waals surface area contributed by atoms with Crippen LogP contribution >= 0.6 is 0 Å². The molecule has 0 aliphatic heterocycles. The van der Waals surface area contributed by atoms with Gasteiger partial charge in [0, 0.05) is 18.8 Å². The molecule has 3 N–H and O–H groups in total. The molecule has 0 unspecified atom stereocenters. The molecule has 0 saturated carbocycles. The topological polar surface area (TPSA) is 88.1 Å². The number of carbonyl (C=O) groups excluding carboxylic acids is 1. The third-order valence-electron chi connectivity index (χ3n) is 2.76. The summed E-state index contributed by atoms with van der Waals surface area (Å²) in [5, 5.41) is 11.2. The largest absolute Gasteiger partial charge is 0.453 e. The first-order chi connectivity index (χ1) is 10.0. The van der Waals surface area contributed by atoms with Crippen molar-refractivity contribution < 1.29 is 13.9 Å². The van der Waals surface area contributed by atoms with Crippen molar-refractivity contribution in [1.82, 2.24) is 5.32 Å². The molecule has 5 nitrogen and oxygen atoms in total. The summed E-state index contributed by atoms with van der Waals surface area (Å²) in [5.41, 5.74) is 6.45. The van der Waals surface area contributed by atoms with Gasteiger partial charge in [-0.25, -0.2) is 4.39 Å². The summed E-state index contributed by atoms with van der Waals surface area (Å²) in [5.74, 6) is -1.03. The van der Waals surface area contributed by atoms with Crippen molar-refractivity contribution >= 4 is 11.6 Å². The van der Waals surface area contributed by atoms with E-state index in [1.165, 1.54) is 31.3 Å². The molecular weight excluding hydrogens is 273 g/mol. The zero-order valence-corrected chi connectivity index (χ0v) is 11.2. The summed E-state index contributed by atoms with van der Waals surface area (Å²) in [4.78, 5) is 11.8. The van der Waals surface area contributed by atoms with Crippen molar-refractivity contribution in [2.24, 2.45) is 0 Å². The van der Waals surface area contributed by atoms with E-state index in [0.29, 0.717) is 5.69 Å². The standard InChI is InChI=1S/C15H12FN3O2/c1-19-15(20)11-4-3-10(18)7-14(11)21-13-5-2-9(8-17)6-12(13)16/h2-7H,18H2,1H3,(H,19,20). The number of hydrogen-bond donors (Lipinski definition) is 2. The van der Waals surface area contributed by atoms with Gasteiger partial charge < -0.3 is 15.8 Å². The molecule has 2 aromatic carbocycles. The number of nitrogens with one attached hydrogen (secondary N) is 1. The first kappa shape index (κ1) is 14.3. The Morgan fingerprint density at radius 2 is 2.05 bits per heavy atom. The van der Waals surface area contributed by atoms with Gasteiger partial charge in [-0.1, -0.05) is 0 Å². The summed E-state index contributed by atoms with van der Waals surface area (Å²) in [6, 6.07) is 10.1. The minimum atomic E-state index is -0.695. The SMILES string of the molecule is CNC(=O)c1ccc(N)cc1Oc1ccc(C#N)cc1F. The predicted octanol–water partition coefficient (Wildman–Crippen LogP) is 2.43. The van der Waals surface area contributed by atoms with Gasteiger partial charge in [0.2, 0.25) is 0 Å². The number of nitrogens with two attached hydrogens (primary N) is 1. The lowest BCUT2D eigenvalue weighted by atomic mass is 10.1. The van der Waals surface area contributed by atoms with Gasteiger partial charge in [0.25, 0.3) is 5.91 Å². The minimum Gasteiger partial charge on any atom is -0.453 e. The smallest absolute Gasteiger partial charge is 0.254 e. The monoisotopic (exact) mass is 285 g/mol. The molecule has 0 aliphatic carbocycles. The maximum absolute atomic E-state index is 13.8. The van der Waals surface area contributed by atoms with E-state index in [0.717, 1.165) is 6.07 Å². The first-order valence-corrected chi connectivity index (χ1v) is 6.04. The number of nitrogen functional groups attached to an aromatic ring is 1. The molecular formula is C15H12FN3O2. The third kappa shape index (κ3) is 3.09. The first-order valence-electron chi connectivity index (χ1n) is 6.04. The van der Waals surface area contributed by atoms with E-state index < -0.39 is 5.82 Å². The van der Waals surface area contributed by atoms with E-state index in [4.69, 9.17) is 15.7 Å². The Morgan fingerprint density at radius 1 is 1.29 bits per heavy atom. The van der Waals surface area contributed by atoms with Crippen molar-refractivity contribution in [3.8, 4) is 17.6 Å². The molecule has 0 aliphatic rings. The summed E-state index contributed by atoms with van der Waals surface area (Å²) in [6.45, 7) is 0. The quantitative estimate of drug-likeness (QED) is 0.848. The van der Waals surface area contributed by atoms with Gasteiger partial charge >= 0.3 is 0 Å². The normalized spacial score (nSPS) is 9.76. The average molecular weight is 285 g/mol. The fourth-order valence-corrected chi connectivity index (χ4v) is 1.72. The molecule has 0 atom stereocenters. The lowest BCUT2D eigenvalue weighted by Crippen LogP contribution is -2.18. The number of carbonyl (C=O) groups is 1. The van der Waals surface area contributed by atoms with Gasteiger partial charge in [-0.3, -0.25) is 4.79 Å². The van der Waals surface area contributed by atoms with Crippen LogP contribution in [0.1, 0.15) is 15.9 Å². The van der Waals surface area contributed by atoms with Crippen LogP contribution in [-0.2, 0) is 0 Å². The van der Waals surface area contributed by atoms with Crippen LogP contribution in [0.15, 0.2) is 36.4 Å². The highest BCUT2D eigenvalue weighted by atomic mass is 19.1. The Morgan fingerprint density at radius 3 is 2.67 bits per heavy atom. The number of hydrogen-bond acceptors (Lipinski definition) is 4. The van der Waals surface area contributed by atoms with E-state index in [1.54, 1.807) is 6.07 Å². The van der Waals surface area contributed by atoms with E-state index in [1.807, 2.05) is 6.07 Å². The summed E-state index contributed by atoms with van der Waals surface area (Å²) < 4.78 is 19.2. The van der Waals surface area contributed by atoms with Crippen molar-refractivity contribution in [3.63, 3.8) is 0 Å². The third-order valence-corrected chi connectivity index (χ3v) is 2.76. The fourth-order valence-electron chi connectivity index (χ4n) is 1.72. The fraction of sp³-hybridized carbons (Fsp3) is 0.0667. The Hall–Kier alpha value is -3.07. The Bertz CT molecular complexity index is 738. The van der Waals surface area contributed by atoms with Gasteiger partial charge in [-0.15, -0.1) is 0 Å². The zero-order valence-electron chi connectivity index (χ0n) is 11.2. The number of nitriles is 1. The highest BCUT2D eigenvalue weighted by molar-refractivity contribution is 5.97. The molecule has 0 heterocycles. The molecule has 21 heavy (non-hydrogen) atoms. The summed E-state index contributed by atoms with van der Waals surface area (Å²) in [6.07, 6.45) is 0. The van der Waals surface area contributed by atoms with E-state index >= 15 is 0 Å². The van der Waals surface area contributed by atoms with Crippen LogP contribution in [0.4, 0.5) is 10.1 Å². The van der Waals surface area contributed by atoms with Crippen LogP contribution in [0.3, 0.4) is 0 Å². The minimum absolute atomic E-state index is 0.0928. The van der Waals surface area contributed by atoms with Crippen molar-refractivity contribution in [2.45, 2.75) is 0 Å². The number of anilines is 1. The molecule has 2 rings (SSSR count). The lowest BCUT2D eigenvalue weighted by molar-refractivity contribution is 0.0960. The molecule has 6 heteroatoms. The number of ether oxygens (including phenoxy) is 1. The second-order valence-electron chi connectivity index (χ2n) is 4.19. The van der Waals surface area contributed by atoms with Crippen molar-refractivity contribution in [2.75, 3.05) is 12.8 Å². The van der Waals surface area contributed by atoms with Crippen molar-refractivity contribution in [1.29, 1.82) is 5.26 Å². The summed E-state index contributed by atoms with van der Waals surface area (Å²) >= 11 is 0. The maximum atomic E-state index is 13.8. The molecule has 106 valence electrons. The molecule has 0 saturated heterocycles. The van der Waals surface area contributed by atoms with Crippen LogP contribution in [0.5, 0.6) is 11.5 Å². The molecule has 1 amide bonds. The summed E-state index contributed by atoms with van der Waals surface area (Å²) in [7, 11) is 1.48. The van der Waals surface area contributed by atoms with Crippen molar-refractivity contribution in [3.05, 3.63) is 53.3 Å². The van der Waals surface area contributed by atoms with Gasteiger partial charge in [0.1, 0.15) is 5.75 Å². The van der Waals surface area contributed by atoms with Gasteiger partial charge in [0.15, 0.2) is 11.6 Å². The molecule has 2 aromatic rings. The number of halogens is 1. The zero-order chi connectivity index (χ0) is 15.4. The Kier molecular flexibility index (Phi) is 4.05. The molecule has 0 radical (unpaired) electrons. The van der Waals surface area contributed by atoms with Crippen LogP contribution in [0.25, 0.3) is 0 Å². The highest BCUT2D eigenvalue weighted by Crippen LogP contribution is 2.29. The van der Waals surface area contributed by atoms with E-state index in [-0.39, 0.29) is 28.5 Å². The van der Waals surface area contributed by atoms with Gasteiger partial charge in [-0.05, 0) is 30.3 Å². The number of nitrogens with zero attached hydrogens (tertiary/aromatic N) is 1. The Balaban J connectivity index is 2.42. The predicted molar refractivity (Wildman–Crippen MR) is 75.4 cm³/mol. The highest BCUT2D eigenvalue weighted by Gasteiger charge is 2.14. The number of benzene rings is 2. The van der Waals surface area contributed by atoms with E-state index in [2.05, 4.69) is 5.32 Å². The molecule has 0 spiro atoms. The van der Waals surface area contributed by atoms with Gasteiger partial charge in [-0.2, -0.15) is 5.26 Å². The molecule has 0 aromatic heterocycles. The number of rotatable bonds is 3.